The van der Waals surface area contributed by atoms with E-state index in [0.717, 1.165) is 11.8 Å². The molecule has 0 spiro atoms. The number of rotatable bonds is 5. The number of carbonyl (C=O) groups is 1. The zero-order valence-electron chi connectivity index (χ0n) is 8.06. The van der Waals surface area contributed by atoms with Crippen LogP contribution in [0.5, 0.6) is 0 Å². The Bertz CT molecular complexity index is 382. The molecule has 0 fully saturated rings. The lowest BCUT2D eigenvalue weighted by Crippen LogP contribution is -1.98. The van der Waals surface area contributed by atoms with Crippen molar-refractivity contribution < 1.29 is 4.79 Å². The van der Waals surface area contributed by atoms with E-state index in [2.05, 4.69) is 26.0 Å². The van der Waals surface area contributed by atoms with E-state index in [1.807, 2.05) is 0 Å². The second-order valence-electron chi connectivity index (χ2n) is 2.95. The van der Waals surface area contributed by atoms with Crippen LogP contribution in [0.3, 0.4) is 0 Å². The maximum Gasteiger partial charge on any atom is 0.162 e. The molecule has 0 radical (unpaired) electrons. The molecule has 0 unspecified atom stereocenters. The second-order valence-corrected chi connectivity index (χ2v) is 3.75. The summed E-state index contributed by atoms with van der Waals surface area (Å²) in [6, 6.07) is 6.64. The molecule has 0 saturated carbocycles. The van der Waals surface area contributed by atoms with Crippen LogP contribution in [0.15, 0.2) is 29.4 Å². The highest BCUT2D eigenvalue weighted by Gasteiger charge is 2.04. The zero-order chi connectivity index (χ0) is 11.1. The molecular formula is C10H10BrN3O. The van der Waals surface area contributed by atoms with Crippen molar-refractivity contribution in [1.29, 1.82) is 0 Å². The van der Waals surface area contributed by atoms with E-state index in [0.29, 0.717) is 17.7 Å². The Morgan fingerprint density at radius 1 is 1.40 bits per heavy atom. The van der Waals surface area contributed by atoms with E-state index in [9.17, 15) is 4.79 Å². The summed E-state index contributed by atoms with van der Waals surface area (Å²) in [5, 5.41) is 4.26. The van der Waals surface area contributed by atoms with Crippen LogP contribution in [0.2, 0.25) is 0 Å². The van der Waals surface area contributed by atoms with Gasteiger partial charge in [-0.25, -0.2) is 0 Å². The average molecular weight is 268 g/mol. The van der Waals surface area contributed by atoms with Gasteiger partial charge in [-0.2, -0.15) is 0 Å². The molecule has 0 aliphatic rings. The lowest BCUT2D eigenvalue weighted by molar-refractivity contribution is 0.0982. The van der Waals surface area contributed by atoms with Crippen molar-refractivity contribution in [3.63, 3.8) is 0 Å². The number of azide groups is 1. The van der Waals surface area contributed by atoms with Crippen LogP contribution in [-0.4, -0.2) is 11.1 Å². The summed E-state index contributed by atoms with van der Waals surface area (Å²) in [6.45, 7) is 0. The molecule has 0 aromatic heterocycles. The van der Waals surface area contributed by atoms with Crippen molar-refractivity contribution in [3.8, 4) is 0 Å². The van der Waals surface area contributed by atoms with Gasteiger partial charge < -0.3 is 0 Å². The Hall–Kier alpha value is -1.32. The molecule has 0 saturated heterocycles. The summed E-state index contributed by atoms with van der Waals surface area (Å²) in [5.41, 5.74) is 9.38. The van der Waals surface area contributed by atoms with Gasteiger partial charge in [-0.05, 0) is 12.0 Å². The van der Waals surface area contributed by atoms with E-state index < -0.39 is 0 Å². The average Bonchev–Trinajstić information content (AvgIpc) is 2.27. The van der Waals surface area contributed by atoms with Crippen molar-refractivity contribution in [2.45, 2.75) is 12.8 Å². The third-order valence-corrected chi connectivity index (χ3v) is 2.45. The van der Waals surface area contributed by atoms with Crippen molar-refractivity contribution in [2.75, 3.05) is 5.33 Å². The van der Waals surface area contributed by atoms with Gasteiger partial charge in [0.15, 0.2) is 5.78 Å². The number of hydrogen-bond donors (Lipinski definition) is 0. The Balaban J connectivity index is 2.70. The van der Waals surface area contributed by atoms with E-state index in [4.69, 9.17) is 5.53 Å². The molecule has 0 aliphatic heterocycles. The first-order valence-corrected chi connectivity index (χ1v) is 5.64. The molecular weight excluding hydrogens is 258 g/mol. The highest BCUT2D eigenvalue weighted by Crippen LogP contribution is 2.14. The van der Waals surface area contributed by atoms with Crippen LogP contribution >= 0.6 is 15.9 Å². The van der Waals surface area contributed by atoms with Crippen LogP contribution < -0.4 is 0 Å². The largest absolute Gasteiger partial charge is 0.294 e. The first kappa shape index (κ1) is 11.8. The number of ketones is 1. The number of Topliss-reactive ketones (excluding diaryl/α,β-unsaturated/α-hetero) is 1. The molecule has 0 amide bonds. The van der Waals surface area contributed by atoms with Gasteiger partial charge >= 0.3 is 0 Å². The molecule has 0 bridgehead atoms. The Morgan fingerprint density at radius 3 is 2.60 bits per heavy atom. The Kier molecular flexibility index (Phi) is 4.87. The monoisotopic (exact) mass is 267 g/mol. The number of nitrogens with zero attached hydrogens (tertiary/aromatic N) is 3. The minimum Gasteiger partial charge on any atom is -0.294 e. The predicted molar refractivity (Wildman–Crippen MR) is 62.6 cm³/mol. The zero-order valence-corrected chi connectivity index (χ0v) is 9.64. The minimum atomic E-state index is 0.113. The lowest BCUT2D eigenvalue weighted by atomic mass is 10.1. The predicted octanol–water partition coefficient (Wildman–Crippen LogP) is 3.99. The summed E-state index contributed by atoms with van der Waals surface area (Å²) in [7, 11) is 0. The fourth-order valence-electron chi connectivity index (χ4n) is 1.14. The van der Waals surface area contributed by atoms with Gasteiger partial charge in [0.1, 0.15) is 0 Å². The lowest BCUT2D eigenvalue weighted by Gasteiger charge is -1.99. The van der Waals surface area contributed by atoms with Crippen LogP contribution in [0, 0.1) is 0 Å². The number of hydrogen-bond acceptors (Lipinski definition) is 2. The molecule has 0 atom stereocenters. The topological polar surface area (TPSA) is 65.8 Å². The first-order valence-electron chi connectivity index (χ1n) is 4.52. The summed E-state index contributed by atoms with van der Waals surface area (Å²) in [6.07, 6.45) is 1.36. The van der Waals surface area contributed by atoms with Gasteiger partial charge in [0, 0.05) is 27.9 Å². The van der Waals surface area contributed by atoms with Crippen LogP contribution in [0.1, 0.15) is 23.2 Å². The second kappa shape index (κ2) is 6.22. The van der Waals surface area contributed by atoms with Gasteiger partial charge in [-0.1, -0.05) is 45.3 Å². The normalized spacial score (nSPS) is 9.40. The van der Waals surface area contributed by atoms with E-state index in [-0.39, 0.29) is 5.78 Å². The highest BCUT2D eigenvalue weighted by molar-refractivity contribution is 9.09. The molecule has 1 aromatic rings. The van der Waals surface area contributed by atoms with Crippen molar-refractivity contribution in [1.82, 2.24) is 0 Å². The fraction of sp³-hybridized carbons (Fsp3) is 0.300. The number of carbonyl (C=O) groups excluding carboxylic acids is 1. The molecule has 1 rings (SSSR count). The summed E-state index contributed by atoms with van der Waals surface area (Å²) in [4.78, 5) is 14.2. The standard InChI is InChI=1S/C10H10BrN3O/c11-7-1-2-10(15)8-3-5-9(6-4-8)13-14-12/h3-6H,1-2,7H2. The van der Waals surface area contributed by atoms with Gasteiger partial charge in [0.25, 0.3) is 0 Å². The van der Waals surface area contributed by atoms with Crippen molar-refractivity contribution in [2.24, 2.45) is 5.11 Å². The van der Waals surface area contributed by atoms with E-state index in [1.165, 1.54) is 0 Å². The van der Waals surface area contributed by atoms with Gasteiger partial charge in [0.2, 0.25) is 0 Å². The minimum absolute atomic E-state index is 0.113. The SMILES string of the molecule is [N-]=[N+]=Nc1ccc(C(=O)CCCBr)cc1. The maximum atomic E-state index is 11.5. The molecule has 4 nitrogen and oxygen atoms in total. The summed E-state index contributed by atoms with van der Waals surface area (Å²) < 4.78 is 0. The molecule has 0 N–H and O–H groups in total. The Morgan fingerprint density at radius 2 is 2.07 bits per heavy atom. The van der Waals surface area contributed by atoms with E-state index >= 15 is 0 Å². The summed E-state index contributed by atoms with van der Waals surface area (Å²) in [5.74, 6) is 0.113. The molecule has 15 heavy (non-hydrogen) atoms. The number of alkyl halides is 1. The third kappa shape index (κ3) is 3.73. The first-order chi connectivity index (χ1) is 7.27. The third-order valence-electron chi connectivity index (χ3n) is 1.89. The molecule has 1 aromatic carbocycles. The van der Waals surface area contributed by atoms with Crippen molar-refractivity contribution in [3.05, 3.63) is 40.3 Å². The molecule has 0 heterocycles. The molecule has 0 aliphatic carbocycles. The van der Waals surface area contributed by atoms with Crippen LogP contribution in [0.4, 0.5) is 5.69 Å². The molecule has 5 heteroatoms. The van der Waals surface area contributed by atoms with Gasteiger partial charge in [0.05, 0.1) is 0 Å². The molecule has 78 valence electrons. The quantitative estimate of drug-likeness (QED) is 0.262. The highest BCUT2D eigenvalue weighted by atomic mass is 79.9. The van der Waals surface area contributed by atoms with Gasteiger partial charge in [-0.3, -0.25) is 4.79 Å². The van der Waals surface area contributed by atoms with Crippen LogP contribution in [0.25, 0.3) is 10.4 Å². The Labute approximate surface area is 96.1 Å². The fourth-order valence-corrected chi connectivity index (χ4v) is 1.42. The maximum absolute atomic E-state index is 11.5. The number of halogens is 1. The smallest absolute Gasteiger partial charge is 0.162 e. The van der Waals surface area contributed by atoms with Gasteiger partial charge in [-0.15, -0.1) is 0 Å². The van der Waals surface area contributed by atoms with E-state index in [1.54, 1.807) is 24.3 Å². The number of benzene rings is 1. The summed E-state index contributed by atoms with van der Waals surface area (Å²) >= 11 is 3.28. The van der Waals surface area contributed by atoms with Crippen LogP contribution in [-0.2, 0) is 0 Å². The van der Waals surface area contributed by atoms with Crippen molar-refractivity contribution >= 4 is 27.4 Å².